The van der Waals surface area contributed by atoms with Gasteiger partial charge in [0.25, 0.3) is 10.1 Å². The predicted molar refractivity (Wildman–Crippen MR) is 224 cm³/mol. The number of unbranched alkanes of at least 4 members (excludes halogenated alkanes) is 13. The smallest absolute Gasteiger partial charge is 0.306 e. The van der Waals surface area contributed by atoms with Crippen LogP contribution in [0.5, 0.6) is 0 Å². The monoisotopic (exact) mass is 824 g/mol. The molecule has 1 saturated heterocycles. The molecule has 1 heterocycles. The van der Waals surface area contributed by atoms with E-state index in [1.807, 2.05) is 54.7 Å². The van der Waals surface area contributed by atoms with Crippen LogP contribution in [0.15, 0.2) is 72.9 Å². The summed E-state index contributed by atoms with van der Waals surface area (Å²) in [5.74, 6) is -2.10. The Morgan fingerprint density at radius 1 is 0.614 bits per heavy atom. The fraction of sp³-hybridized carbons (Fsp3) is 0.682. The molecule has 1 aliphatic heterocycles. The number of hydrogen-bond donors (Lipinski definition) is 4. The Bertz CT molecular complexity index is 1340. The molecular formula is C44H72O12S. The molecule has 0 saturated carbocycles. The van der Waals surface area contributed by atoms with Crippen LogP contribution in [0.25, 0.3) is 0 Å². The van der Waals surface area contributed by atoms with E-state index in [4.69, 9.17) is 18.9 Å². The zero-order valence-electron chi connectivity index (χ0n) is 34.4. The van der Waals surface area contributed by atoms with Crippen LogP contribution < -0.4 is 0 Å². The lowest BCUT2D eigenvalue weighted by molar-refractivity contribution is -0.297. The zero-order valence-corrected chi connectivity index (χ0v) is 35.2. The third-order valence-corrected chi connectivity index (χ3v) is 9.90. The van der Waals surface area contributed by atoms with Crippen molar-refractivity contribution in [2.45, 2.75) is 173 Å². The summed E-state index contributed by atoms with van der Waals surface area (Å²) in [5, 5.41) is 30.8. The van der Waals surface area contributed by atoms with Gasteiger partial charge in [-0.15, -0.1) is 0 Å². The summed E-state index contributed by atoms with van der Waals surface area (Å²) in [6, 6.07) is 0. The number of esters is 2. The first-order chi connectivity index (χ1) is 27.5. The van der Waals surface area contributed by atoms with Gasteiger partial charge in [0.05, 0.1) is 6.61 Å². The third-order valence-electron chi connectivity index (χ3n) is 9.15. The summed E-state index contributed by atoms with van der Waals surface area (Å²) in [7, 11) is -4.61. The second-order valence-corrected chi connectivity index (χ2v) is 15.9. The Hall–Kier alpha value is -2.91. The third kappa shape index (κ3) is 29.0. The maximum Gasteiger partial charge on any atom is 0.306 e. The number of aliphatic hydroxyl groups is 3. The number of ether oxygens (including phenoxy) is 4. The first-order valence-electron chi connectivity index (χ1n) is 21.1. The predicted octanol–water partition coefficient (Wildman–Crippen LogP) is 7.94. The summed E-state index contributed by atoms with van der Waals surface area (Å²) in [6.07, 6.45) is 32.5. The van der Waals surface area contributed by atoms with Crippen LogP contribution in [0.3, 0.4) is 0 Å². The Morgan fingerprint density at radius 3 is 1.74 bits per heavy atom. The minimum atomic E-state index is -4.61. The topological polar surface area (TPSA) is 186 Å². The van der Waals surface area contributed by atoms with Gasteiger partial charge in [0.1, 0.15) is 36.8 Å². The van der Waals surface area contributed by atoms with Crippen molar-refractivity contribution < 1.29 is 56.8 Å². The Labute approximate surface area is 342 Å². The van der Waals surface area contributed by atoms with E-state index in [-0.39, 0.29) is 19.4 Å². The molecule has 0 spiro atoms. The second-order valence-electron chi connectivity index (χ2n) is 14.4. The first kappa shape index (κ1) is 52.1. The highest BCUT2D eigenvalue weighted by atomic mass is 32.2. The fourth-order valence-corrected chi connectivity index (χ4v) is 6.57. The van der Waals surface area contributed by atoms with E-state index in [0.29, 0.717) is 19.3 Å². The van der Waals surface area contributed by atoms with Crippen LogP contribution in [0.4, 0.5) is 0 Å². The molecule has 0 aliphatic carbocycles. The number of rotatable bonds is 33. The van der Waals surface area contributed by atoms with Crippen LogP contribution in [-0.4, -0.2) is 96.0 Å². The number of allylic oxidation sites excluding steroid dienone is 12. The Balaban J connectivity index is 2.53. The minimum absolute atomic E-state index is 0.0629. The Morgan fingerprint density at radius 2 is 1.14 bits per heavy atom. The quantitative estimate of drug-likeness (QED) is 0.0165. The molecule has 3 unspecified atom stereocenters. The SMILES string of the molecule is CC/C=C/C=C/C=C/C=C/C=C/CCCC(=O)OC(COC(=O)CCCCCCC/C=C/CCCCCCCCC)CO[C@H]1O[C@H](CS(=O)(=O)O)[C@@H](O)C(O)C1O. The molecule has 1 fully saturated rings. The molecule has 0 aromatic rings. The highest BCUT2D eigenvalue weighted by Gasteiger charge is 2.46. The van der Waals surface area contributed by atoms with E-state index in [1.54, 1.807) is 0 Å². The van der Waals surface area contributed by atoms with E-state index < -0.39 is 71.2 Å². The van der Waals surface area contributed by atoms with Crippen LogP contribution in [-0.2, 0) is 38.7 Å². The van der Waals surface area contributed by atoms with Gasteiger partial charge in [0.15, 0.2) is 12.4 Å². The first-order valence-corrected chi connectivity index (χ1v) is 22.7. The van der Waals surface area contributed by atoms with E-state index in [0.717, 1.165) is 44.9 Å². The maximum atomic E-state index is 12.7. The van der Waals surface area contributed by atoms with Gasteiger partial charge >= 0.3 is 11.9 Å². The van der Waals surface area contributed by atoms with E-state index in [1.165, 1.54) is 44.9 Å². The Kier molecular flexibility index (Phi) is 31.1. The van der Waals surface area contributed by atoms with E-state index in [2.05, 4.69) is 32.1 Å². The van der Waals surface area contributed by atoms with E-state index in [9.17, 15) is 37.9 Å². The number of carbonyl (C=O) groups is 2. The largest absolute Gasteiger partial charge is 0.462 e. The summed E-state index contributed by atoms with van der Waals surface area (Å²) < 4.78 is 53.8. The van der Waals surface area contributed by atoms with Gasteiger partial charge in [-0.25, -0.2) is 0 Å². The molecule has 13 heteroatoms. The van der Waals surface area contributed by atoms with Crippen molar-refractivity contribution in [3.63, 3.8) is 0 Å². The normalized spacial score (nSPS) is 21.3. The van der Waals surface area contributed by atoms with Crippen LogP contribution in [0.1, 0.15) is 136 Å². The van der Waals surface area contributed by atoms with Gasteiger partial charge in [0, 0.05) is 12.8 Å². The van der Waals surface area contributed by atoms with Crippen LogP contribution in [0.2, 0.25) is 0 Å². The standard InChI is InChI=1S/C44H72O12S/c1-3-5-7-9-11-13-15-17-18-19-21-22-24-26-28-30-32-39(45)53-34-37(35-54-44-43(49)42(48)41(47)38(56-44)36-57(50,51)52)55-40(46)33-31-29-27-25-23-20-16-14-12-10-8-6-4-2/h6,8,10,12,14,16,18-20,23,25,27,37-38,41-44,47-49H,3-5,7,9,11,13,15,17,21-22,24,26,28-36H2,1-2H3,(H,50,51,52)/b8-6+,12-10+,16-14+,19-18+,23-20+,27-25+/t37?,38-,41-,42?,43?,44+/m1/s1. The highest BCUT2D eigenvalue weighted by molar-refractivity contribution is 7.85. The van der Waals surface area contributed by atoms with Crippen molar-refractivity contribution in [2.75, 3.05) is 19.0 Å². The average molecular weight is 825 g/mol. The average Bonchev–Trinajstić information content (AvgIpc) is 3.17. The van der Waals surface area contributed by atoms with Gasteiger partial charge in [0.2, 0.25) is 0 Å². The molecule has 57 heavy (non-hydrogen) atoms. The van der Waals surface area contributed by atoms with Gasteiger partial charge in [-0.1, -0.05) is 145 Å². The molecule has 1 aliphatic rings. The minimum Gasteiger partial charge on any atom is -0.462 e. The zero-order chi connectivity index (χ0) is 42.0. The molecule has 4 N–H and O–H groups in total. The van der Waals surface area contributed by atoms with Gasteiger partial charge < -0.3 is 34.3 Å². The van der Waals surface area contributed by atoms with Crippen LogP contribution >= 0.6 is 0 Å². The molecule has 0 radical (unpaired) electrons. The molecule has 1 rings (SSSR count). The van der Waals surface area contributed by atoms with E-state index >= 15 is 0 Å². The number of hydrogen-bond acceptors (Lipinski definition) is 11. The molecule has 6 atom stereocenters. The van der Waals surface area contributed by atoms with Crippen molar-refractivity contribution in [1.82, 2.24) is 0 Å². The van der Waals surface area contributed by atoms with Gasteiger partial charge in [-0.2, -0.15) is 8.42 Å². The summed E-state index contributed by atoms with van der Waals surface area (Å²) in [5.41, 5.74) is 0. The van der Waals surface area contributed by atoms with Crippen molar-refractivity contribution in [1.29, 1.82) is 0 Å². The van der Waals surface area contributed by atoms with Crippen molar-refractivity contribution in [3.05, 3.63) is 72.9 Å². The fourth-order valence-electron chi connectivity index (χ4n) is 5.88. The molecule has 0 aromatic heterocycles. The summed E-state index contributed by atoms with van der Waals surface area (Å²) >= 11 is 0. The maximum absolute atomic E-state index is 12.7. The summed E-state index contributed by atoms with van der Waals surface area (Å²) in [4.78, 5) is 25.3. The highest BCUT2D eigenvalue weighted by Crippen LogP contribution is 2.24. The van der Waals surface area contributed by atoms with Crippen molar-refractivity contribution in [2.24, 2.45) is 0 Å². The number of carbonyl (C=O) groups excluding carboxylic acids is 2. The molecule has 0 bridgehead atoms. The lowest BCUT2D eigenvalue weighted by atomic mass is 10.00. The van der Waals surface area contributed by atoms with Crippen LogP contribution in [0, 0.1) is 0 Å². The second kappa shape index (κ2) is 34.0. The lowest BCUT2D eigenvalue weighted by Gasteiger charge is -2.40. The van der Waals surface area contributed by atoms with Gasteiger partial charge in [-0.3, -0.25) is 14.1 Å². The molecule has 0 amide bonds. The van der Waals surface area contributed by atoms with Gasteiger partial charge in [-0.05, 0) is 51.4 Å². The number of aliphatic hydroxyl groups excluding tert-OH is 3. The molecule has 326 valence electrons. The summed E-state index contributed by atoms with van der Waals surface area (Å²) in [6.45, 7) is 3.52. The molecule has 12 nitrogen and oxygen atoms in total. The molecule has 0 aromatic carbocycles. The van der Waals surface area contributed by atoms with Crippen molar-refractivity contribution >= 4 is 22.1 Å². The molecular weight excluding hydrogens is 753 g/mol. The van der Waals surface area contributed by atoms with Crippen molar-refractivity contribution in [3.8, 4) is 0 Å². The lowest BCUT2D eigenvalue weighted by Crippen LogP contribution is -2.60.